The van der Waals surface area contributed by atoms with Crippen molar-refractivity contribution in [3.63, 3.8) is 0 Å². The number of hydrogen-bond donors (Lipinski definition) is 0. The lowest BCUT2D eigenvalue weighted by Crippen LogP contribution is -1.97. The van der Waals surface area contributed by atoms with Gasteiger partial charge in [-0.05, 0) is 48.1 Å². The minimum atomic E-state index is -0.127. The number of rotatable bonds is 5. The lowest BCUT2D eigenvalue weighted by molar-refractivity contribution is 0.623. The molecule has 2 aromatic rings. The van der Waals surface area contributed by atoms with Gasteiger partial charge in [-0.1, -0.05) is 49.7 Å². The van der Waals surface area contributed by atoms with E-state index in [2.05, 4.69) is 19.1 Å². The van der Waals surface area contributed by atoms with E-state index >= 15 is 0 Å². The van der Waals surface area contributed by atoms with Crippen molar-refractivity contribution in [1.82, 2.24) is 0 Å². The summed E-state index contributed by atoms with van der Waals surface area (Å²) in [5.74, 6) is -0.127. The molecule has 0 aliphatic rings. The molecule has 0 spiro atoms. The first-order valence-corrected chi connectivity index (χ1v) is 6.61. The molecule has 18 heavy (non-hydrogen) atoms. The number of halogens is 1. The van der Waals surface area contributed by atoms with Gasteiger partial charge in [-0.25, -0.2) is 4.39 Å². The molecule has 0 unspecified atom stereocenters. The predicted molar refractivity (Wildman–Crippen MR) is 74.3 cm³/mol. The second-order valence-electron chi connectivity index (χ2n) is 4.68. The maximum absolute atomic E-state index is 13.3. The molecule has 1 heteroatoms. The average molecular weight is 242 g/mol. The Labute approximate surface area is 108 Å². The molecule has 2 aromatic carbocycles. The molecule has 0 atom stereocenters. The second-order valence-corrected chi connectivity index (χ2v) is 4.68. The summed E-state index contributed by atoms with van der Waals surface area (Å²) < 4.78 is 13.3. The third kappa shape index (κ3) is 3.43. The molecule has 0 bridgehead atoms. The first-order chi connectivity index (χ1) is 8.79. The van der Waals surface area contributed by atoms with E-state index in [1.165, 1.54) is 11.1 Å². The molecule has 0 saturated heterocycles. The van der Waals surface area contributed by atoms with Crippen molar-refractivity contribution in [2.45, 2.75) is 32.6 Å². The van der Waals surface area contributed by atoms with Crippen LogP contribution in [0.3, 0.4) is 0 Å². The first-order valence-electron chi connectivity index (χ1n) is 6.61. The standard InChI is InChI=1S/C17H19F/c1-2-3-9-15-13-17(18)11-10-16(15)12-14-7-5-4-6-8-14/h4-8,10-11,13H,2-3,9,12H2,1H3. The van der Waals surface area contributed by atoms with Gasteiger partial charge < -0.3 is 0 Å². The minimum absolute atomic E-state index is 0.127. The Hall–Kier alpha value is -1.63. The molecule has 2 rings (SSSR count). The highest BCUT2D eigenvalue weighted by molar-refractivity contribution is 5.33. The number of aryl methyl sites for hydroxylation is 1. The van der Waals surface area contributed by atoms with Gasteiger partial charge in [-0.15, -0.1) is 0 Å². The van der Waals surface area contributed by atoms with Gasteiger partial charge in [-0.3, -0.25) is 0 Å². The maximum atomic E-state index is 13.3. The normalized spacial score (nSPS) is 10.6. The Bertz CT molecular complexity index is 488. The van der Waals surface area contributed by atoms with E-state index in [0.29, 0.717) is 0 Å². The quantitative estimate of drug-likeness (QED) is 0.709. The van der Waals surface area contributed by atoms with Crippen LogP contribution >= 0.6 is 0 Å². The summed E-state index contributed by atoms with van der Waals surface area (Å²) in [5.41, 5.74) is 3.68. The zero-order valence-electron chi connectivity index (χ0n) is 10.8. The van der Waals surface area contributed by atoms with E-state index in [1.54, 1.807) is 12.1 Å². The summed E-state index contributed by atoms with van der Waals surface area (Å²) in [6.07, 6.45) is 4.11. The summed E-state index contributed by atoms with van der Waals surface area (Å²) in [6.45, 7) is 2.16. The Morgan fingerprint density at radius 1 is 0.944 bits per heavy atom. The third-order valence-electron chi connectivity index (χ3n) is 3.21. The second kappa shape index (κ2) is 6.34. The lowest BCUT2D eigenvalue weighted by atomic mass is 9.96. The first kappa shape index (κ1) is 12.8. The topological polar surface area (TPSA) is 0 Å². The highest BCUT2D eigenvalue weighted by Gasteiger charge is 2.05. The Kier molecular flexibility index (Phi) is 4.52. The zero-order chi connectivity index (χ0) is 12.8. The fraction of sp³-hybridized carbons (Fsp3) is 0.294. The van der Waals surface area contributed by atoms with Crippen LogP contribution in [0.4, 0.5) is 4.39 Å². The fourth-order valence-electron chi connectivity index (χ4n) is 2.18. The van der Waals surface area contributed by atoms with Crippen molar-refractivity contribution in [3.05, 3.63) is 71.0 Å². The predicted octanol–water partition coefficient (Wildman–Crippen LogP) is 4.76. The van der Waals surface area contributed by atoms with Gasteiger partial charge in [-0.2, -0.15) is 0 Å². The summed E-state index contributed by atoms with van der Waals surface area (Å²) in [5, 5.41) is 0. The van der Waals surface area contributed by atoms with Gasteiger partial charge in [0.15, 0.2) is 0 Å². The van der Waals surface area contributed by atoms with E-state index in [0.717, 1.165) is 31.2 Å². The highest BCUT2D eigenvalue weighted by Crippen LogP contribution is 2.18. The van der Waals surface area contributed by atoms with E-state index in [1.807, 2.05) is 24.3 Å². The number of hydrogen-bond acceptors (Lipinski definition) is 0. The SMILES string of the molecule is CCCCc1cc(F)ccc1Cc1ccccc1. The van der Waals surface area contributed by atoms with Crippen molar-refractivity contribution in [1.29, 1.82) is 0 Å². The van der Waals surface area contributed by atoms with Crippen molar-refractivity contribution in [2.24, 2.45) is 0 Å². The fourth-order valence-corrected chi connectivity index (χ4v) is 2.18. The van der Waals surface area contributed by atoms with Gasteiger partial charge in [0.2, 0.25) is 0 Å². The minimum Gasteiger partial charge on any atom is -0.207 e. The number of unbranched alkanes of at least 4 members (excludes halogenated alkanes) is 1. The van der Waals surface area contributed by atoms with Gasteiger partial charge in [0.05, 0.1) is 0 Å². The van der Waals surface area contributed by atoms with Crippen molar-refractivity contribution in [3.8, 4) is 0 Å². The van der Waals surface area contributed by atoms with Gasteiger partial charge in [0.25, 0.3) is 0 Å². The molecule has 0 fully saturated rings. The van der Waals surface area contributed by atoms with Crippen LogP contribution in [0.15, 0.2) is 48.5 Å². The van der Waals surface area contributed by atoms with E-state index in [-0.39, 0.29) is 5.82 Å². The number of benzene rings is 2. The van der Waals surface area contributed by atoms with Crippen LogP contribution in [0.25, 0.3) is 0 Å². The average Bonchev–Trinajstić information content (AvgIpc) is 2.40. The molecule has 0 nitrogen and oxygen atoms in total. The van der Waals surface area contributed by atoms with Crippen LogP contribution in [-0.2, 0) is 12.8 Å². The monoisotopic (exact) mass is 242 g/mol. The molecule has 0 heterocycles. The summed E-state index contributed by atoms with van der Waals surface area (Å²) in [7, 11) is 0. The maximum Gasteiger partial charge on any atom is 0.123 e. The summed E-state index contributed by atoms with van der Waals surface area (Å²) in [6, 6.07) is 15.5. The van der Waals surface area contributed by atoms with Gasteiger partial charge in [0, 0.05) is 0 Å². The summed E-state index contributed by atoms with van der Waals surface area (Å²) in [4.78, 5) is 0. The smallest absolute Gasteiger partial charge is 0.123 e. The van der Waals surface area contributed by atoms with Crippen LogP contribution in [-0.4, -0.2) is 0 Å². The Balaban J connectivity index is 2.21. The van der Waals surface area contributed by atoms with Crippen LogP contribution in [0.2, 0.25) is 0 Å². The molecule has 0 aliphatic heterocycles. The summed E-state index contributed by atoms with van der Waals surface area (Å²) >= 11 is 0. The molecule has 0 N–H and O–H groups in total. The lowest BCUT2D eigenvalue weighted by Gasteiger charge is -2.09. The highest BCUT2D eigenvalue weighted by atomic mass is 19.1. The third-order valence-corrected chi connectivity index (χ3v) is 3.21. The Morgan fingerprint density at radius 3 is 2.44 bits per heavy atom. The van der Waals surface area contributed by atoms with Gasteiger partial charge in [0.1, 0.15) is 5.82 Å². The van der Waals surface area contributed by atoms with Crippen molar-refractivity contribution < 1.29 is 4.39 Å². The van der Waals surface area contributed by atoms with Crippen LogP contribution in [0, 0.1) is 5.82 Å². The van der Waals surface area contributed by atoms with Crippen LogP contribution in [0.5, 0.6) is 0 Å². The molecule has 0 saturated carbocycles. The van der Waals surface area contributed by atoms with Gasteiger partial charge >= 0.3 is 0 Å². The molecule has 0 aromatic heterocycles. The van der Waals surface area contributed by atoms with Crippen LogP contribution in [0.1, 0.15) is 36.5 Å². The molecule has 94 valence electrons. The molecular weight excluding hydrogens is 223 g/mol. The van der Waals surface area contributed by atoms with Crippen molar-refractivity contribution >= 4 is 0 Å². The molecule has 0 amide bonds. The molecule has 0 radical (unpaired) electrons. The zero-order valence-corrected chi connectivity index (χ0v) is 10.8. The van der Waals surface area contributed by atoms with Crippen LogP contribution < -0.4 is 0 Å². The Morgan fingerprint density at radius 2 is 1.72 bits per heavy atom. The molecule has 0 aliphatic carbocycles. The largest absolute Gasteiger partial charge is 0.207 e. The van der Waals surface area contributed by atoms with E-state index < -0.39 is 0 Å². The molecular formula is C17H19F. The van der Waals surface area contributed by atoms with E-state index in [9.17, 15) is 4.39 Å². The van der Waals surface area contributed by atoms with E-state index in [4.69, 9.17) is 0 Å². The van der Waals surface area contributed by atoms with Crippen molar-refractivity contribution in [2.75, 3.05) is 0 Å².